The number of nitrogens with one attached hydrogen (secondary N) is 3. The maximum atomic E-state index is 12.6. The van der Waals surface area contributed by atoms with Gasteiger partial charge in [-0.15, -0.1) is 0 Å². The standard InChI is InChI=1S/C27H32N4O4/c1-19-18-22(25(32)31-14-16-34-17-15-31)8-7-20(19)6-5-13-29-23-11-9-21(10-12-23)24(28)30-26(33)35-27(2,3)4/h7-12,18,29H,13-17H2,1-4H3,(H2,28,30,33). The van der Waals surface area contributed by atoms with E-state index in [1.165, 1.54) is 0 Å². The number of carbonyl (C=O) groups excluding carboxylic acids is 2. The molecule has 1 fully saturated rings. The molecule has 8 heteroatoms. The summed E-state index contributed by atoms with van der Waals surface area (Å²) in [6.45, 7) is 10.1. The van der Waals surface area contributed by atoms with Crippen LogP contribution in [0, 0.1) is 24.2 Å². The van der Waals surface area contributed by atoms with Gasteiger partial charge in [0.05, 0.1) is 19.8 Å². The maximum Gasteiger partial charge on any atom is 0.413 e. The van der Waals surface area contributed by atoms with Crippen LogP contribution in [0.2, 0.25) is 0 Å². The summed E-state index contributed by atoms with van der Waals surface area (Å²) in [6.07, 6.45) is -0.659. The van der Waals surface area contributed by atoms with Gasteiger partial charge >= 0.3 is 6.09 Å². The van der Waals surface area contributed by atoms with Crippen LogP contribution in [0.15, 0.2) is 42.5 Å². The summed E-state index contributed by atoms with van der Waals surface area (Å²) in [5.74, 6) is 6.24. The molecule has 35 heavy (non-hydrogen) atoms. The van der Waals surface area contributed by atoms with Crippen LogP contribution in [-0.2, 0) is 9.47 Å². The van der Waals surface area contributed by atoms with Crippen molar-refractivity contribution in [3.63, 3.8) is 0 Å². The highest BCUT2D eigenvalue weighted by molar-refractivity contribution is 6.04. The molecule has 0 aromatic heterocycles. The number of benzene rings is 2. The van der Waals surface area contributed by atoms with Crippen molar-refractivity contribution < 1.29 is 19.1 Å². The fourth-order valence-corrected chi connectivity index (χ4v) is 3.40. The van der Waals surface area contributed by atoms with Gasteiger partial charge < -0.3 is 19.7 Å². The molecule has 3 rings (SSSR count). The van der Waals surface area contributed by atoms with Gasteiger partial charge in [-0.25, -0.2) is 4.79 Å². The van der Waals surface area contributed by atoms with Gasteiger partial charge in [0.25, 0.3) is 5.91 Å². The molecule has 1 saturated heterocycles. The molecule has 1 aliphatic rings. The molecule has 0 spiro atoms. The van der Waals surface area contributed by atoms with Crippen LogP contribution in [0.5, 0.6) is 0 Å². The van der Waals surface area contributed by atoms with Crippen LogP contribution in [0.3, 0.4) is 0 Å². The predicted octanol–water partition coefficient (Wildman–Crippen LogP) is 3.78. The molecule has 8 nitrogen and oxygen atoms in total. The first-order chi connectivity index (χ1) is 16.6. The van der Waals surface area contributed by atoms with Crippen LogP contribution in [0.1, 0.15) is 47.8 Å². The Hall–Kier alpha value is -3.83. The van der Waals surface area contributed by atoms with Gasteiger partial charge in [0, 0.05) is 35.5 Å². The Labute approximate surface area is 206 Å². The van der Waals surface area contributed by atoms with E-state index in [1.807, 2.05) is 42.2 Å². The Morgan fingerprint density at radius 2 is 1.74 bits per heavy atom. The fourth-order valence-electron chi connectivity index (χ4n) is 3.40. The number of carbonyl (C=O) groups is 2. The van der Waals surface area contributed by atoms with Crippen LogP contribution in [-0.4, -0.2) is 61.2 Å². The molecule has 2 aromatic rings. The third kappa shape index (κ3) is 7.87. The lowest BCUT2D eigenvalue weighted by molar-refractivity contribution is 0.0303. The van der Waals surface area contributed by atoms with Gasteiger partial charge in [-0.05, 0) is 75.7 Å². The number of hydrogen-bond acceptors (Lipinski definition) is 6. The highest BCUT2D eigenvalue weighted by Crippen LogP contribution is 2.14. The van der Waals surface area contributed by atoms with Crippen molar-refractivity contribution in [1.29, 1.82) is 5.41 Å². The van der Waals surface area contributed by atoms with E-state index in [2.05, 4.69) is 22.5 Å². The van der Waals surface area contributed by atoms with Gasteiger partial charge in [0.15, 0.2) is 0 Å². The van der Waals surface area contributed by atoms with Crippen molar-refractivity contribution in [2.75, 3.05) is 38.2 Å². The van der Waals surface area contributed by atoms with Crippen LogP contribution < -0.4 is 10.6 Å². The van der Waals surface area contributed by atoms with Crippen molar-refractivity contribution >= 4 is 23.5 Å². The fraction of sp³-hybridized carbons (Fsp3) is 0.370. The summed E-state index contributed by atoms with van der Waals surface area (Å²) in [4.78, 5) is 26.3. The van der Waals surface area contributed by atoms with Crippen molar-refractivity contribution in [1.82, 2.24) is 10.2 Å². The van der Waals surface area contributed by atoms with E-state index in [9.17, 15) is 9.59 Å². The van der Waals surface area contributed by atoms with Crippen LogP contribution >= 0.6 is 0 Å². The highest BCUT2D eigenvalue weighted by atomic mass is 16.6. The minimum absolute atomic E-state index is 0.0235. The predicted molar refractivity (Wildman–Crippen MR) is 136 cm³/mol. The average Bonchev–Trinajstić information content (AvgIpc) is 2.81. The van der Waals surface area contributed by atoms with Gasteiger partial charge in [-0.2, -0.15) is 0 Å². The zero-order valence-corrected chi connectivity index (χ0v) is 20.7. The molecule has 0 bridgehead atoms. The Morgan fingerprint density at radius 3 is 2.37 bits per heavy atom. The first-order valence-electron chi connectivity index (χ1n) is 11.5. The number of anilines is 1. The van der Waals surface area contributed by atoms with Gasteiger partial charge in [-0.1, -0.05) is 11.8 Å². The van der Waals surface area contributed by atoms with E-state index in [-0.39, 0.29) is 11.7 Å². The monoisotopic (exact) mass is 476 g/mol. The van der Waals surface area contributed by atoms with Crippen molar-refractivity contribution in [3.05, 3.63) is 64.7 Å². The maximum absolute atomic E-state index is 12.6. The van der Waals surface area contributed by atoms with E-state index < -0.39 is 11.7 Å². The molecular formula is C27H32N4O4. The number of hydrogen-bond donors (Lipinski definition) is 3. The minimum atomic E-state index is -0.659. The van der Waals surface area contributed by atoms with Crippen LogP contribution in [0.25, 0.3) is 0 Å². The lowest BCUT2D eigenvalue weighted by atomic mass is 10.0. The molecule has 184 valence electrons. The lowest BCUT2D eigenvalue weighted by Gasteiger charge is -2.27. The molecule has 3 N–H and O–H groups in total. The first kappa shape index (κ1) is 25.8. The van der Waals surface area contributed by atoms with E-state index in [4.69, 9.17) is 14.9 Å². The van der Waals surface area contributed by atoms with Crippen LogP contribution in [0.4, 0.5) is 10.5 Å². The Morgan fingerprint density at radius 1 is 1.09 bits per heavy atom. The molecule has 2 amide bonds. The average molecular weight is 477 g/mol. The molecule has 0 atom stereocenters. The number of morpholine rings is 1. The van der Waals surface area contributed by atoms with E-state index >= 15 is 0 Å². The molecule has 0 unspecified atom stereocenters. The molecule has 1 aliphatic heterocycles. The Kier molecular flexibility index (Phi) is 8.50. The van der Waals surface area contributed by atoms with Crippen molar-refractivity contribution in [2.45, 2.75) is 33.3 Å². The second-order valence-electron chi connectivity index (χ2n) is 9.17. The summed E-state index contributed by atoms with van der Waals surface area (Å²) in [7, 11) is 0. The molecule has 0 saturated carbocycles. The third-order valence-electron chi connectivity index (χ3n) is 5.18. The molecule has 0 radical (unpaired) electrons. The minimum Gasteiger partial charge on any atom is -0.444 e. The third-order valence-corrected chi connectivity index (χ3v) is 5.18. The topological polar surface area (TPSA) is 104 Å². The largest absolute Gasteiger partial charge is 0.444 e. The summed E-state index contributed by atoms with van der Waals surface area (Å²) in [5.41, 5.74) is 3.28. The highest BCUT2D eigenvalue weighted by Gasteiger charge is 2.19. The number of aryl methyl sites for hydroxylation is 1. The Bertz CT molecular complexity index is 1130. The lowest BCUT2D eigenvalue weighted by Crippen LogP contribution is -2.40. The van der Waals surface area contributed by atoms with E-state index in [0.717, 1.165) is 16.8 Å². The number of alkyl carbamates (subject to hydrolysis) is 1. The van der Waals surface area contributed by atoms with Gasteiger partial charge in [0.2, 0.25) is 0 Å². The summed E-state index contributed by atoms with van der Waals surface area (Å²) in [6, 6.07) is 12.7. The van der Waals surface area contributed by atoms with Gasteiger partial charge in [0.1, 0.15) is 11.4 Å². The smallest absolute Gasteiger partial charge is 0.413 e. The van der Waals surface area contributed by atoms with Crippen molar-refractivity contribution in [2.24, 2.45) is 0 Å². The normalized spacial score (nSPS) is 13.3. The van der Waals surface area contributed by atoms with E-state index in [1.54, 1.807) is 32.9 Å². The first-order valence-corrected chi connectivity index (χ1v) is 11.5. The summed E-state index contributed by atoms with van der Waals surface area (Å²) < 4.78 is 10.5. The summed E-state index contributed by atoms with van der Waals surface area (Å²) >= 11 is 0. The molecule has 1 heterocycles. The second-order valence-corrected chi connectivity index (χ2v) is 9.17. The second kappa shape index (κ2) is 11.5. The molecular weight excluding hydrogens is 444 g/mol. The number of amidine groups is 1. The Balaban J connectivity index is 1.51. The zero-order valence-electron chi connectivity index (χ0n) is 20.7. The summed E-state index contributed by atoms with van der Waals surface area (Å²) in [5, 5.41) is 13.7. The molecule has 0 aliphatic carbocycles. The number of nitrogens with zero attached hydrogens (tertiary/aromatic N) is 1. The van der Waals surface area contributed by atoms with Gasteiger partial charge in [-0.3, -0.25) is 15.5 Å². The van der Waals surface area contributed by atoms with Crippen molar-refractivity contribution in [3.8, 4) is 11.8 Å². The SMILES string of the molecule is Cc1cc(C(=O)N2CCOCC2)ccc1C#CCNc1ccc(C(=N)NC(=O)OC(C)(C)C)cc1. The number of amides is 2. The number of ether oxygens (including phenoxy) is 2. The molecule has 2 aromatic carbocycles. The number of rotatable bonds is 4. The zero-order chi connectivity index (χ0) is 25.4. The quantitative estimate of drug-likeness (QED) is 0.354. The van der Waals surface area contributed by atoms with E-state index in [0.29, 0.717) is 44.0 Å².